The molecule has 1 unspecified atom stereocenters. The largest absolute Gasteiger partial charge is 0.480 e. The van der Waals surface area contributed by atoms with Gasteiger partial charge in [0.1, 0.15) is 6.04 Å². The summed E-state index contributed by atoms with van der Waals surface area (Å²) < 4.78 is 32.4. The highest BCUT2D eigenvalue weighted by molar-refractivity contribution is 7.89. The number of sulfonamides is 1. The monoisotopic (exact) mass is 363 g/mol. The fourth-order valence-electron chi connectivity index (χ4n) is 2.46. The molecule has 0 aliphatic heterocycles. The van der Waals surface area contributed by atoms with Gasteiger partial charge in [0.15, 0.2) is 0 Å². The summed E-state index contributed by atoms with van der Waals surface area (Å²) in [5.74, 6) is -1.58. The van der Waals surface area contributed by atoms with Crippen LogP contribution in [0.15, 0.2) is 60.7 Å². The van der Waals surface area contributed by atoms with Crippen molar-refractivity contribution in [2.24, 2.45) is 0 Å². The van der Waals surface area contributed by atoms with E-state index in [9.17, 15) is 18.3 Å². The molecule has 2 atom stereocenters. The number of carbonyl (C=O) groups is 1. The normalized spacial score (nSPS) is 14.0. The number of rotatable bonds is 9. The first kappa shape index (κ1) is 19.1. The van der Waals surface area contributed by atoms with E-state index >= 15 is 0 Å². The number of benzene rings is 2. The van der Waals surface area contributed by atoms with Gasteiger partial charge in [-0.05, 0) is 17.5 Å². The molecule has 0 aliphatic carbocycles. The standard InChI is InChI=1S/C18H21NO5S/c1-24-17(15-10-6-3-7-11-15)13-25(22,23)19-16(18(20)21)12-14-8-4-2-5-9-14/h2-11,16-17,19H,12-13H2,1H3,(H,20,21)/t16-,17?/m1/s1. The van der Waals surface area contributed by atoms with Crippen LogP contribution in [0, 0.1) is 0 Å². The Kier molecular flexibility index (Phi) is 6.69. The summed E-state index contributed by atoms with van der Waals surface area (Å²) in [6.45, 7) is 0. The number of ether oxygens (including phenoxy) is 1. The molecule has 2 rings (SSSR count). The molecule has 0 fully saturated rings. The second-order valence-corrected chi connectivity index (χ2v) is 7.41. The first-order valence-corrected chi connectivity index (χ1v) is 9.41. The zero-order chi connectivity index (χ0) is 18.3. The number of carboxylic acid groups (broad SMARTS) is 1. The van der Waals surface area contributed by atoms with Crippen LogP contribution in [0.1, 0.15) is 17.2 Å². The van der Waals surface area contributed by atoms with Crippen LogP contribution in [0.5, 0.6) is 0 Å². The molecule has 0 spiro atoms. The van der Waals surface area contributed by atoms with E-state index in [2.05, 4.69) is 4.72 Å². The molecule has 0 heterocycles. The number of methoxy groups -OCH3 is 1. The Labute approximate surface area is 147 Å². The quantitative estimate of drug-likeness (QED) is 0.711. The summed E-state index contributed by atoms with van der Waals surface area (Å²) in [6, 6.07) is 16.6. The summed E-state index contributed by atoms with van der Waals surface area (Å²) in [5.41, 5.74) is 1.45. The van der Waals surface area contributed by atoms with Crippen LogP contribution >= 0.6 is 0 Å². The summed E-state index contributed by atoms with van der Waals surface area (Å²) in [7, 11) is -2.44. The van der Waals surface area contributed by atoms with Crippen molar-refractivity contribution in [2.75, 3.05) is 12.9 Å². The minimum atomic E-state index is -3.86. The lowest BCUT2D eigenvalue weighted by atomic mass is 10.1. The van der Waals surface area contributed by atoms with Gasteiger partial charge in [0, 0.05) is 7.11 Å². The number of aliphatic carboxylic acids is 1. The average molecular weight is 363 g/mol. The van der Waals surface area contributed by atoms with Crippen LogP contribution in [-0.4, -0.2) is 38.4 Å². The van der Waals surface area contributed by atoms with Gasteiger partial charge in [-0.25, -0.2) is 13.1 Å². The van der Waals surface area contributed by atoms with E-state index in [4.69, 9.17) is 4.74 Å². The second-order valence-electron chi connectivity index (χ2n) is 5.61. The Morgan fingerprint density at radius 2 is 1.64 bits per heavy atom. The molecule has 25 heavy (non-hydrogen) atoms. The van der Waals surface area contributed by atoms with Crippen molar-refractivity contribution in [3.05, 3.63) is 71.8 Å². The molecule has 0 saturated heterocycles. The molecule has 0 radical (unpaired) electrons. The van der Waals surface area contributed by atoms with Crippen LogP contribution in [-0.2, 0) is 26.0 Å². The topological polar surface area (TPSA) is 92.7 Å². The van der Waals surface area contributed by atoms with E-state index in [0.29, 0.717) is 5.56 Å². The summed E-state index contributed by atoms with van der Waals surface area (Å²) in [5, 5.41) is 9.35. The van der Waals surface area contributed by atoms with Crippen molar-refractivity contribution in [1.29, 1.82) is 0 Å². The van der Waals surface area contributed by atoms with Crippen LogP contribution in [0.25, 0.3) is 0 Å². The molecule has 134 valence electrons. The summed E-state index contributed by atoms with van der Waals surface area (Å²) in [6.07, 6.45) is -0.608. The molecule has 0 bridgehead atoms. The Balaban J connectivity index is 2.10. The van der Waals surface area contributed by atoms with Crippen molar-refractivity contribution in [2.45, 2.75) is 18.6 Å². The molecule has 0 aliphatic rings. The van der Waals surface area contributed by atoms with Gasteiger partial charge in [-0.2, -0.15) is 0 Å². The predicted octanol–water partition coefficient (Wildman–Crippen LogP) is 1.99. The number of hydrogen-bond acceptors (Lipinski definition) is 4. The zero-order valence-electron chi connectivity index (χ0n) is 13.8. The van der Waals surface area contributed by atoms with Gasteiger partial charge in [-0.15, -0.1) is 0 Å². The van der Waals surface area contributed by atoms with E-state index in [0.717, 1.165) is 5.56 Å². The maximum atomic E-state index is 12.4. The molecule has 6 nitrogen and oxygen atoms in total. The Morgan fingerprint density at radius 1 is 1.08 bits per heavy atom. The first-order valence-electron chi connectivity index (χ1n) is 7.76. The van der Waals surface area contributed by atoms with Crippen molar-refractivity contribution in [3.8, 4) is 0 Å². The Hall–Kier alpha value is -2.22. The zero-order valence-corrected chi connectivity index (χ0v) is 14.6. The molecular weight excluding hydrogens is 342 g/mol. The molecule has 2 N–H and O–H groups in total. The van der Waals surface area contributed by atoms with Gasteiger partial charge in [0.2, 0.25) is 10.0 Å². The van der Waals surface area contributed by atoms with Crippen LogP contribution < -0.4 is 4.72 Å². The van der Waals surface area contributed by atoms with Gasteiger partial charge in [0.05, 0.1) is 11.9 Å². The SMILES string of the molecule is COC(CS(=O)(=O)N[C@H](Cc1ccccc1)C(=O)O)c1ccccc1. The van der Waals surface area contributed by atoms with Gasteiger partial charge in [-0.3, -0.25) is 4.79 Å². The summed E-state index contributed by atoms with van der Waals surface area (Å²) >= 11 is 0. The van der Waals surface area contributed by atoms with Crippen molar-refractivity contribution < 1.29 is 23.1 Å². The Bertz CT molecular complexity index is 778. The number of carboxylic acids is 1. The Morgan fingerprint density at radius 3 is 2.16 bits per heavy atom. The van der Waals surface area contributed by atoms with E-state index in [1.165, 1.54) is 7.11 Å². The van der Waals surface area contributed by atoms with E-state index in [1.54, 1.807) is 48.5 Å². The lowest BCUT2D eigenvalue weighted by molar-refractivity contribution is -0.138. The third kappa shape index (κ3) is 5.97. The molecule has 0 amide bonds. The highest BCUT2D eigenvalue weighted by Crippen LogP contribution is 2.18. The number of hydrogen-bond donors (Lipinski definition) is 2. The molecule has 7 heteroatoms. The van der Waals surface area contributed by atoms with Gasteiger partial charge >= 0.3 is 5.97 Å². The van der Waals surface area contributed by atoms with Crippen LogP contribution in [0.2, 0.25) is 0 Å². The first-order chi connectivity index (χ1) is 11.9. The van der Waals surface area contributed by atoms with Gasteiger partial charge in [0.25, 0.3) is 0 Å². The molecule has 0 saturated carbocycles. The van der Waals surface area contributed by atoms with Gasteiger partial charge in [-0.1, -0.05) is 60.7 Å². The molecular formula is C18H21NO5S. The van der Waals surface area contributed by atoms with Crippen LogP contribution in [0.4, 0.5) is 0 Å². The van der Waals surface area contributed by atoms with Crippen LogP contribution in [0.3, 0.4) is 0 Å². The fourth-order valence-corrected chi connectivity index (χ4v) is 3.90. The van der Waals surface area contributed by atoms with E-state index in [1.807, 2.05) is 12.1 Å². The lowest BCUT2D eigenvalue weighted by Gasteiger charge is -2.19. The third-order valence-corrected chi connectivity index (χ3v) is 5.11. The highest BCUT2D eigenvalue weighted by Gasteiger charge is 2.27. The van der Waals surface area contributed by atoms with Crippen molar-refractivity contribution in [3.63, 3.8) is 0 Å². The maximum Gasteiger partial charge on any atom is 0.322 e. The lowest BCUT2D eigenvalue weighted by Crippen LogP contribution is -2.44. The smallest absolute Gasteiger partial charge is 0.322 e. The number of nitrogens with one attached hydrogen (secondary N) is 1. The molecule has 2 aromatic rings. The minimum Gasteiger partial charge on any atom is -0.480 e. The molecule has 0 aromatic heterocycles. The van der Waals surface area contributed by atoms with Crippen molar-refractivity contribution >= 4 is 16.0 Å². The predicted molar refractivity (Wildman–Crippen MR) is 94.7 cm³/mol. The van der Waals surface area contributed by atoms with E-state index < -0.39 is 28.1 Å². The molecule has 2 aromatic carbocycles. The third-order valence-electron chi connectivity index (χ3n) is 3.73. The fraction of sp³-hybridized carbons (Fsp3) is 0.278. The highest BCUT2D eigenvalue weighted by atomic mass is 32.2. The summed E-state index contributed by atoms with van der Waals surface area (Å²) in [4.78, 5) is 11.4. The second kappa shape index (κ2) is 8.75. The van der Waals surface area contributed by atoms with Crippen molar-refractivity contribution in [1.82, 2.24) is 4.72 Å². The maximum absolute atomic E-state index is 12.4. The minimum absolute atomic E-state index is 0.0678. The van der Waals surface area contributed by atoms with E-state index in [-0.39, 0.29) is 12.2 Å². The average Bonchev–Trinajstić information content (AvgIpc) is 2.60. The van der Waals surface area contributed by atoms with Gasteiger partial charge < -0.3 is 9.84 Å².